The maximum Gasteiger partial charge on any atom is 0.347 e. The first-order valence-electron chi connectivity index (χ1n) is 9.16. The van der Waals surface area contributed by atoms with Crippen LogP contribution in [0.3, 0.4) is 0 Å². The largest absolute Gasteiger partial charge is 0.490 e. The van der Waals surface area contributed by atoms with Crippen molar-refractivity contribution in [3.63, 3.8) is 0 Å². The first kappa shape index (κ1) is 22.7. The van der Waals surface area contributed by atoms with Gasteiger partial charge in [0.15, 0.2) is 6.10 Å². The van der Waals surface area contributed by atoms with Crippen molar-refractivity contribution in [2.24, 2.45) is 5.14 Å². The molecule has 0 amide bonds. The molecule has 2 rings (SSSR count). The average Bonchev–Trinajstić information content (AvgIpc) is 2.64. The van der Waals surface area contributed by atoms with Crippen molar-refractivity contribution in [3.8, 4) is 11.5 Å². The van der Waals surface area contributed by atoms with E-state index in [-0.39, 0.29) is 23.5 Å². The second-order valence-electron chi connectivity index (χ2n) is 7.57. The monoisotopic (exact) mass is 421 g/mol. The normalized spacial score (nSPS) is 12.9. The predicted octanol–water partition coefficient (Wildman–Crippen LogP) is 3.02. The number of primary sulfonamides is 1. The van der Waals surface area contributed by atoms with Gasteiger partial charge < -0.3 is 14.2 Å². The van der Waals surface area contributed by atoms with Crippen molar-refractivity contribution >= 4 is 16.0 Å². The molecule has 0 aliphatic carbocycles. The number of rotatable bonds is 8. The highest BCUT2D eigenvalue weighted by Crippen LogP contribution is 2.24. The van der Waals surface area contributed by atoms with Crippen LogP contribution in [0, 0.1) is 0 Å². The lowest BCUT2D eigenvalue weighted by Crippen LogP contribution is -2.27. The van der Waals surface area contributed by atoms with Crippen LogP contribution < -0.4 is 14.6 Å². The third-order valence-electron chi connectivity index (χ3n) is 4.11. The number of ether oxygens (including phenoxy) is 3. The van der Waals surface area contributed by atoms with Crippen molar-refractivity contribution in [1.29, 1.82) is 0 Å². The summed E-state index contributed by atoms with van der Waals surface area (Å²) in [4.78, 5) is 12.1. The summed E-state index contributed by atoms with van der Waals surface area (Å²) in [6.07, 6.45) is -0.760. The van der Waals surface area contributed by atoms with E-state index in [1.165, 1.54) is 29.8 Å². The summed E-state index contributed by atoms with van der Waals surface area (Å²) >= 11 is 0. The molecular formula is C21H27NO6S. The molecule has 0 unspecified atom stereocenters. The van der Waals surface area contributed by atoms with E-state index in [0.29, 0.717) is 11.5 Å². The van der Waals surface area contributed by atoms with E-state index in [0.717, 1.165) is 0 Å². The van der Waals surface area contributed by atoms with Crippen molar-refractivity contribution < 1.29 is 27.4 Å². The Morgan fingerprint density at radius 3 is 2.03 bits per heavy atom. The number of carbonyl (C=O) groups excluding carboxylic acids is 1. The lowest BCUT2D eigenvalue weighted by molar-refractivity contribution is -0.151. The Morgan fingerprint density at radius 2 is 1.52 bits per heavy atom. The first-order valence-corrected chi connectivity index (χ1v) is 10.7. The number of sulfonamides is 1. The van der Waals surface area contributed by atoms with Crippen molar-refractivity contribution in [1.82, 2.24) is 0 Å². The minimum atomic E-state index is -3.74. The highest BCUT2D eigenvalue weighted by molar-refractivity contribution is 7.89. The maximum absolute atomic E-state index is 12.1. The molecule has 1 atom stereocenters. The van der Waals surface area contributed by atoms with Gasteiger partial charge >= 0.3 is 5.97 Å². The second kappa shape index (κ2) is 9.28. The van der Waals surface area contributed by atoms with Gasteiger partial charge in [-0.3, -0.25) is 0 Å². The topological polar surface area (TPSA) is 105 Å². The number of carbonyl (C=O) groups is 1. The molecule has 0 saturated carbocycles. The number of esters is 1. The van der Waals surface area contributed by atoms with Gasteiger partial charge in [0, 0.05) is 0 Å². The molecule has 0 fully saturated rings. The Kier molecular flexibility index (Phi) is 7.26. The van der Waals surface area contributed by atoms with E-state index in [4.69, 9.17) is 19.3 Å². The Hall–Kier alpha value is -2.58. The lowest BCUT2D eigenvalue weighted by Gasteiger charge is -2.20. The summed E-state index contributed by atoms with van der Waals surface area (Å²) < 4.78 is 38.6. The quantitative estimate of drug-likeness (QED) is 0.519. The molecule has 0 heterocycles. The van der Waals surface area contributed by atoms with Crippen LogP contribution in [0.5, 0.6) is 11.5 Å². The van der Waals surface area contributed by atoms with Crippen LogP contribution in [0.1, 0.15) is 33.3 Å². The summed E-state index contributed by atoms with van der Waals surface area (Å²) in [5.74, 6) is 0.531. The van der Waals surface area contributed by atoms with Gasteiger partial charge in [0.25, 0.3) is 0 Å². The van der Waals surface area contributed by atoms with E-state index in [1.807, 2.05) is 24.3 Å². The van der Waals surface area contributed by atoms with Crippen molar-refractivity contribution in [2.45, 2.75) is 44.1 Å². The number of benzene rings is 2. The molecule has 158 valence electrons. The molecular weight excluding hydrogens is 394 g/mol. The fourth-order valence-corrected chi connectivity index (χ4v) is 2.95. The molecule has 0 spiro atoms. The molecule has 2 aromatic rings. The summed E-state index contributed by atoms with van der Waals surface area (Å²) in [6, 6.07) is 13.3. The van der Waals surface area contributed by atoms with E-state index in [2.05, 4.69) is 20.8 Å². The van der Waals surface area contributed by atoms with Crippen LogP contribution in [0.4, 0.5) is 0 Å². The molecule has 0 aliphatic heterocycles. The zero-order valence-corrected chi connectivity index (χ0v) is 17.9. The molecule has 8 heteroatoms. The molecule has 0 bridgehead atoms. The zero-order valence-electron chi connectivity index (χ0n) is 17.0. The van der Waals surface area contributed by atoms with Crippen LogP contribution in [0.25, 0.3) is 0 Å². The van der Waals surface area contributed by atoms with Gasteiger partial charge in [0.2, 0.25) is 10.0 Å². The van der Waals surface area contributed by atoms with Gasteiger partial charge in [-0.05, 0) is 54.3 Å². The SMILES string of the molecule is C[C@H](Oc1ccc(C(C)(C)C)cc1)C(=O)OCCOc1ccc(S(N)(=O)=O)cc1. The molecule has 0 saturated heterocycles. The standard InChI is InChI=1S/C21H27NO6S/c1-15(28-18-7-5-16(6-8-18)21(2,3)4)20(23)27-14-13-26-17-9-11-19(12-10-17)29(22,24)25/h5-12,15H,13-14H2,1-4H3,(H2,22,24,25)/t15-/m0/s1. The highest BCUT2D eigenvalue weighted by atomic mass is 32.2. The average molecular weight is 422 g/mol. The van der Waals surface area contributed by atoms with Gasteiger partial charge in [0.05, 0.1) is 4.90 Å². The Bertz CT molecular complexity index is 915. The maximum atomic E-state index is 12.1. The van der Waals surface area contributed by atoms with E-state index < -0.39 is 22.1 Å². The summed E-state index contributed by atoms with van der Waals surface area (Å²) in [5, 5.41) is 5.03. The van der Waals surface area contributed by atoms with E-state index in [1.54, 1.807) is 6.92 Å². The van der Waals surface area contributed by atoms with Crippen LogP contribution in [0.2, 0.25) is 0 Å². The van der Waals surface area contributed by atoms with Gasteiger partial charge in [0.1, 0.15) is 24.7 Å². The predicted molar refractivity (Wildman–Crippen MR) is 110 cm³/mol. The molecule has 2 N–H and O–H groups in total. The van der Waals surface area contributed by atoms with Gasteiger partial charge in [-0.1, -0.05) is 32.9 Å². The Balaban J connectivity index is 1.76. The number of hydrogen-bond donors (Lipinski definition) is 1. The third-order valence-corrected chi connectivity index (χ3v) is 5.04. The molecule has 7 nitrogen and oxygen atoms in total. The molecule has 0 aliphatic rings. The zero-order chi connectivity index (χ0) is 21.7. The van der Waals surface area contributed by atoms with Crippen LogP contribution >= 0.6 is 0 Å². The lowest BCUT2D eigenvalue weighted by atomic mass is 9.87. The summed E-state index contributed by atoms with van der Waals surface area (Å²) in [5.41, 5.74) is 1.22. The second-order valence-corrected chi connectivity index (χ2v) is 9.13. The Morgan fingerprint density at radius 1 is 0.966 bits per heavy atom. The minimum absolute atomic E-state index is 0.00205. The highest BCUT2D eigenvalue weighted by Gasteiger charge is 2.18. The first-order chi connectivity index (χ1) is 13.5. The van der Waals surface area contributed by atoms with Crippen molar-refractivity contribution in [2.75, 3.05) is 13.2 Å². The van der Waals surface area contributed by atoms with Crippen LogP contribution in [-0.2, 0) is 25.0 Å². The number of nitrogens with two attached hydrogens (primary N) is 1. The van der Waals surface area contributed by atoms with Crippen LogP contribution in [-0.4, -0.2) is 33.7 Å². The van der Waals surface area contributed by atoms with Gasteiger partial charge in [-0.25, -0.2) is 18.4 Å². The molecule has 2 aromatic carbocycles. The molecule has 29 heavy (non-hydrogen) atoms. The fraction of sp³-hybridized carbons (Fsp3) is 0.381. The molecule has 0 aromatic heterocycles. The van der Waals surface area contributed by atoms with E-state index >= 15 is 0 Å². The summed E-state index contributed by atoms with van der Waals surface area (Å²) in [7, 11) is -3.74. The van der Waals surface area contributed by atoms with Gasteiger partial charge in [-0.15, -0.1) is 0 Å². The van der Waals surface area contributed by atoms with E-state index in [9.17, 15) is 13.2 Å². The summed E-state index contributed by atoms with van der Waals surface area (Å²) in [6.45, 7) is 8.14. The fourth-order valence-electron chi connectivity index (χ4n) is 2.43. The smallest absolute Gasteiger partial charge is 0.347 e. The van der Waals surface area contributed by atoms with Crippen LogP contribution in [0.15, 0.2) is 53.4 Å². The Labute approximate surface area is 171 Å². The minimum Gasteiger partial charge on any atom is -0.490 e. The van der Waals surface area contributed by atoms with Gasteiger partial charge in [-0.2, -0.15) is 0 Å². The third kappa shape index (κ3) is 7.07. The number of hydrogen-bond acceptors (Lipinski definition) is 6. The van der Waals surface area contributed by atoms with Crippen molar-refractivity contribution in [3.05, 3.63) is 54.1 Å². The molecule has 0 radical (unpaired) electrons.